The monoisotopic (exact) mass is 174 g/mol. The Labute approximate surface area is 75.7 Å². The standard InChI is InChI=1S/C10H10N2O/c1-2-4-8-6-10-9(11-13-12-10)5-7(8)3-1/h5-6H,1-4H2. The van der Waals surface area contributed by atoms with Crippen LogP contribution in [0.15, 0.2) is 16.8 Å². The summed E-state index contributed by atoms with van der Waals surface area (Å²) in [6, 6.07) is 4.22. The Morgan fingerprint density at radius 3 is 2.00 bits per heavy atom. The first-order chi connectivity index (χ1) is 6.43. The molecule has 1 aromatic carbocycles. The van der Waals surface area contributed by atoms with Crippen molar-refractivity contribution < 1.29 is 4.63 Å². The summed E-state index contributed by atoms with van der Waals surface area (Å²) in [4.78, 5) is 0. The molecule has 3 nitrogen and oxygen atoms in total. The molecule has 3 heteroatoms. The zero-order valence-electron chi connectivity index (χ0n) is 7.29. The fraction of sp³-hybridized carbons (Fsp3) is 0.400. The molecule has 0 N–H and O–H groups in total. The summed E-state index contributed by atoms with van der Waals surface area (Å²) in [5.41, 5.74) is 4.63. The van der Waals surface area contributed by atoms with Gasteiger partial charge in [-0.25, -0.2) is 4.63 Å². The molecule has 1 aliphatic rings. The Morgan fingerprint density at radius 1 is 0.923 bits per heavy atom. The molecule has 1 heterocycles. The second-order valence-electron chi connectivity index (χ2n) is 3.58. The number of rotatable bonds is 0. The molecular formula is C10H10N2O. The number of nitrogens with zero attached hydrogens (tertiary/aromatic N) is 2. The van der Waals surface area contributed by atoms with Gasteiger partial charge in [0.1, 0.15) is 11.0 Å². The summed E-state index contributed by atoms with van der Waals surface area (Å²) in [5, 5.41) is 7.68. The molecular weight excluding hydrogens is 164 g/mol. The Kier molecular flexibility index (Phi) is 1.39. The average molecular weight is 174 g/mol. The van der Waals surface area contributed by atoms with Crippen molar-refractivity contribution in [2.45, 2.75) is 25.7 Å². The van der Waals surface area contributed by atoms with Gasteiger partial charge in [0.2, 0.25) is 0 Å². The van der Waals surface area contributed by atoms with Crippen LogP contribution >= 0.6 is 0 Å². The van der Waals surface area contributed by atoms with Crippen LogP contribution in [0.3, 0.4) is 0 Å². The molecule has 66 valence electrons. The van der Waals surface area contributed by atoms with Gasteiger partial charge in [0.25, 0.3) is 0 Å². The number of benzene rings is 1. The molecule has 0 atom stereocenters. The van der Waals surface area contributed by atoms with E-state index in [1.807, 2.05) is 0 Å². The smallest absolute Gasteiger partial charge is 0.135 e. The van der Waals surface area contributed by atoms with Crippen molar-refractivity contribution in [1.29, 1.82) is 0 Å². The van der Waals surface area contributed by atoms with Crippen LogP contribution in [0.25, 0.3) is 11.0 Å². The summed E-state index contributed by atoms with van der Waals surface area (Å²) in [6.07, 6.45) is 4.95. The summed E-state index contributed by atoms with van der Waals surface area (Å²) < 4.78 is 4.68. The lowest BCUT2D eigenvalue weighted by atomic mass is 9.91. The van der Waals surface area contributed by atoms with Crippen LogP contribution in [-0.4, -0.2) is 10.3 Å². The van der Waals surface area contributed by atoms with Crippen molar-refractivity contribution in [3.05, 3.63) is 23.3 Å². The van der Waals surface area contributed by atoms with Gasteiger partial charge in [-0.05, 0) is 59.3 Å². The van der Waals surface area contributed by atoms with Gasteiger partial charge in [0, 0.05) is 0 Å². The first-order valence-electron chi connectivity index (χ1n) is 4.67. The van der Waals surface area contributed by atoms with Gasteiger partial charge < -0.3 is 0 Å². The van der Waals surface area contributed by atoms with E-state index in [1.54, 1.807) is 0 Å². The third kappa shape index (κ3) is 1.03. The van der Waals surface area contributed by atoms with Crippen molar-refractivity contribution in [3.63, 3.8) is 0 Å². The molecule has 0 saturated heterocycles. The van der Waals surface area contributed by atoms with Crippen molar-refractivity contribution in [3.8, 4) is 0 Å². The molecule has 0 unspecified atom stereocenters. The average Bonchev–Trinajstić information content (AvgIpc) is 2.61. The zero-order chi connectivity index (χ0) is 8.67. The van der Waals surface area contributed by atoms with E-state index in [-0.39, 0.29) is 0 Å². The lowest BCUT2D eigenvalue weighted by Gasteiger charge is -2.14. The van der Waals surface area contributed by atoms with E-state index in [2.05, 4.69) is 27.1 Å². The maximum atomic E-state index is 4.68. The second kappa shape index (κ2) is 2.55. The molecule has 1 aliphatic carbocycles. The predicted molar refractivity (Wildman–Crippen MR) is 48.4 cm³/mol. The van der Waals surface area contributed by atoms with Crippen LogP contribution in [0.1, 0.15) is 24.0 Å². The van der Waals surface area contributed by atoms with Crippen LogP contribution in [-0.2, 0) is 12.8 Å². The minimum absolute atomic E-state index is 0.889. The molecule has 13 heavy (non-hydrogen) atoms. The highest BCUT2D eigenvalue weighted by atomic mass is 16.6. The summed E-state index contributed by atoms with van der Waals surface area (Å²) in [6.45, 7) is 0. The van der Waals surface area contributed by atoms with E-state index in [0.717, 1.165) is 11.0 Å². The van der Waals surface area contributed by atoms with Crippen LogP contribution in [0.5, 0.6) is 0 Å². The van der Waals surface area contributed by atoms with Gasteiger partial charge >= 0.3 is 0 Å². The molecule has 0 aliphatic heterocycles. The molecule has 2 aromatic rings. The quantitative estimate of drug-likeness (QED) is 0.614. The first kappa shape index (κ1) is 7.06. The maximum Gasteiger partial charge on any atom is 0.135 e. The highest BCUT2D eigenvalue weighted by Gasteiger charge is 2.11. The fourth-order valence-electron chi connectivity index (χ4n) is 2.01. The fourth-order valence-corrected chi connectivity index (χ4v) is 2.01. The SMILES string of the molecule is c1c2c(cc3nonc13)CCCC2. The Balaban J connectivity index is 2.28. The largest absolute Gasteiger partial charge is 0.243 e. The molecule has 0 saturated carbocycles. The van der Waals surface area contributed by atoms with Crippen LogP contribution < -0.4 is 0 Å². The molecule has 1 aromatic heterocycles. The molecule has 0 radical (unpaired) electrons. The van der Waals surface area contributed by atoms with E-state index < -0.39 is 0 Å². The maximum absolute atomic E-state index is 4.68. The molecule has 3 rings (SSSR count). The Morgan fingerprint density at radius 2 is 1.46 bits per heavy atom. The zero-order valence-corrected chi connectivity index (χ0v) is 7.29. The number of hydrogen-bond acceptors (Lipinski definition) is 3. The van der Waals surface area contributed by atoms with Gasteiger partial charge in [0.05, 0.1) is 0 Å². The Hall–Kier alpha value is -1.38. The van der Waals surface area contributed by atoms with Gasteiger partial charge in [-0.1, -0.05) is 0 Å². The summed E-state index contributed by atoms with van der Waals surface area (Å²) >= 11 is 0. The van der Waals surface area contributed by atoms with Crippen molar-refractivity contribution in [1.82, 2.24) is 10.3 Å². The number of fused-ring (bicyclic) bond motifs is 2. The van der Waals surface area contributed by atoms with Crippen molar-refractivity contribution >= 4 is 11.0 Å². The van der Waals surface area contributed by atoms with Gasteiger partial charge in [-0.15, -0.1) is 0 Å². The minimum Gasteiger partial charge on any atom is -0.243 e. The van der Waals surface area contributed by atoms with Crippen molar-refractivity contribution in [2.75, 3.05) is 0 Å². The van der Waals surface area contributed by atoms with Gasteiger partial charge in [-0.2, -0.15) is 0 Å². The number of hydrogen-bond donors (Lipinski definition) is 0. The predicted octanol–water partition coefficient (Wildman–Crippen LogP) is 2.10. The van der Waals surface area contributed by atoms with Crippen LogP contribution in [0, 0.1) is 0 Å². The Bertz CT molecular complexity index is 407. The van der Waals surface area contributed by atoms with Crippen LogP contribution in [0.4, 0.5) is 0 Å². The highest BCUT2D eigenvalue weighted by Crippen LogP contribution is 2.24. The van der Waals surface area contributed by atoms with E-state index >= 15 is 0 Å². The lowest BCUT2D eigenvalue weighted by Crippen LogP contribution is -2.01. The lowest BCUT2D eigenvalue weighted by molar-refractivity contribution is 0.315. The van der Waals surface area contributed by atoms with Gasteiger partial charge in [-0.3, -0.25) is 0 Å². The van der Waals surface area contributed by atoms with Crippen LogP contribution in [0.2, 0.25) is 0 Å². The first-order valence-corrected chi connectivity index (χ1v) is 4.67. The third-order valence-corrected chi connectivity index (χ3v) is 2.72. The number of aryl methyl sites for hydroxylation is 2. The normalized spacial score (nSPS) is 16.0. The topological polar surface area (TPSA) is 38.9 Å². The van der Waals surface area contributed by atoms with Crippen molar-refractivity contribution in [2.24, 2.45) is 0 Å². The van der Waals surface area contributed by atoms with E-state index in [0.29, 0.717) is 0 Å². The number of aromatic nitrogens is 2. The van der Waals surface area contributed by atoms with E-state index in [9.17, 15) is 0 Å². The summed E-state index contributed by atoms with van der Waals surface area (Å²) in [5.74, 6) is 0. The van der Waals surface area contributed by atoms with E-state index in [4.69, 9.17) is 0 Å². The molecule has 0 bridgehead atoms. The highest BCUT2D eigenvalue weighted by molar-refractivity contribution is 5.75. The molecule has 0 fully saturated rings. The van der Waals surface area contributed by atoms with Gasteiger partial charge in [0.15, 0.2) is 0 Å². The second-order valence-corrected chi connectivity index (χ2v) is 3.58. The minimum atomic E-state index is 0.889. The van der Waals surface area contributed by atoms with E-state index in [1.165, 1.54) is 36.8 Å². The molecule has 0 spiro atoms. The molecule has 0 amide bonds. The third-order valence-electron chi connectivity index (χ3n) is 2.72. The summed E-state index contributed by atoms with van der Waals surface area (Å²) in [7, 11) is 0.